The maximum absolute atomic E-state index is 13.6. The van der Waals surface area contributed by atoms with Gasteiger partial charge in [0.1, 0.15) is 10.6 Å². The number of hydrogen-bond donors (Lipinski definition) is 1. The summed E-state index contributed by atoms with van der Waals surface area (Å²) in [7, 11) is -3.76. The van der Waals surface area contributed by atoms with E-state index in [9.17, 15) is 13.2 Å². The third-order valence-corrected chi connectivity index (χ3v) is 7.87. The average Bonchev–Trinajstić information content (AvgIpc) is 2.94. The predicted molar refractivity (Wildman–Crippen MR) is 117 cm³/mol. The lowest BCUT2D eigenvalue weighted by Crippen LogP contribution is -2.40. The highest BCUT2D eigenvalue weighted by atomic mass is 32.2. The summed E-state index contributed by atoms with van der Waals surface area (Å²) in [6, 6.07) is 10.3. The minimum absolute atomic E-state index is 0.153. The van der Waals surface area contributed by atoms with Crippen molar-refractivity contribution in [3.8, 4) is 11.5 Å². The van der Waals surface area contributed by atoms with Crippen LogP contribution in [0.5, 0.6) is 11.5 Å². The second kappa shape index (κ2) is 8.14. The molecule has 0 saturated carbocycles. The number of carbonyl (C=O) groups is 1. The van der Waals surface area contributed by atoms with Crippen LogP contribution in [0.4, 0.5) is 11.4 Å². The first-order chi connectivity index (χ1) is 15.0. The summed E-state index contributed by atoms with van der Waals surface area (Å²) in [6.45, 7) is 3.18. The molecule has 2 saturated heterocycles. The van der Waals surface area contributed by atoms with Crippen LogP contribution in [0.15, 0.2) is 41.3 Å². The van der Waals surface area contributed by atoms with E-state index in [1.807, 2.05) is 17.0 Å². The van der Waals surface area contributed by atoms with Crippen molar-refractivity contribution in [3.63, 3.8) is 0 Å². The number of morpholine rings is 1. The van der Waals surface area contributed by atoms with Crippen LogP contribution in [0.3, 0.4) is 0 Å². The second-order valence-electron chi connectivity index (χ2n) is 7.93. The molecule has 3 heterocycles. The van der Waals surface area contributed by atoms with Gasteiger partial charge in [-0.15, -0.1) is 0 Å². The minimum atomic E-state index is -3.76. The largest absolute Gasteiger partial charge is 0.454 e. The van der Waals surface area contributed by atoms with E-state index in [1.165, 1.54) is 10.4 Å². The molecule has 31 heavy (non-hydrogen) atoms. The molecule has 0 aromatic heterocycles. The van der Waals surface area contributed by atoms with Gasteiger partial charge in [-0.05, 0) is 31.0 Å². The summed E-state index contributed by atoms with van der Waals surface area (Å²) in [5.41, 5.74) is 1.32. The molecule has 2 fully saturated rings. The van der Waals surface area contributed by atoms with E-state index in [0.717, 1.165) is 19.3 Å². The molecule has 0 radical (unpaired) electrons. The first kappa shape index (κ1) is 20.3. The highest BCUT2D eigenvalue weighted by Crippen LogP contribution is 2.41. The summed E-state index contributed by atoms with van der Waals surface area (Å²) in [5, 5.41) is 2.83. The number of fused-ring (bicyclic) bond motifs is 2. The Morgan fingerprint density at radius 3 is 2.42 bits per heavy atom. The number of hydrogen-bond acceptors (Lipinski definition) is 6. The van der Waals surface area contributed by atoms with Crippen molar-refractivity contribution in [2.75, 3.05) is 49.6 Å². The van der Waals surface area contributed by atoms with Gasteiger partial charge in [0.05, 0.1) is 30.2 Å². The fraction of sp³-hybridized carbons (Fsp3) is 0.409. The lowest BCUT2D eigenvalue weighted by Gasteiger charge is -2.33. The highest BCUT2D eigenvalue weighted by molar-refractivity contribution is 7.89. The number of sulfonamides is 1. The zero-order valence-corrected chi connectivity index (χ0v) is 18.0. The summed E-state index contributed by atoms with van der Waals surface area (Å²) in [5.74, 6) is 0.485. The minimum Gasteiger partial charge on any atom is -0.454 e. The van der Waals surface area contributed by atoms with Crippen molar-refractivity contribution in [3.05, 3.63) is 42.0 Å². The monoisotopic (exact) mass is 443 g/mol. The van der Waals surface area contributed by atoms with Crippen molar-refractivity contribution in [2.24, 2.45) is 0 Å². The van der Waals surface area contributed by atoms with Crippen molar-refractivity contribution >= 4 is 27.3 Å². The number of piperidine rings is 1. The summed E-state index contributed by atoms with van der Waals surface area (Å²) < 4.78 is 40.3. The summed E-state index contributed by atoms with van der Waals surface area (Å²) in [6.07, 6.45) is 2.72. The van der Waals surface area contributed by atoms with Crippen molar-refractivity contribution in [2.45, 2.75) is 24.2 Å². The Hall–Kier alpha value is -2.62. The lowest BCUT2D eigenvalue weighted by molar-refractivity contribution is 0.102. The van der Waals surface area contributed by atoms with Crippen molar-refractivity contribution in [1.29, 1.82) is 0 Å². The Kier molecular flexibility index (Phi) is 5.33. The molecule has 9 heteroatoms. The average molecular weight is 444 g/mol. The maximum Gasteiger partial charge on any atom is 0.259 e. The Labute approximate surface area is 181 Å². The fourth-order valence-electron chi connectivity index (χ4n) is 4.28. The number of nitrogens with zero attached hydrogens (tertiary/aromatic N) is 2. The van der Waals surface area contributed by atoms with Crippen LogP contribution >= 0.6 is 0 Å². The van der Waals surface area contributed by atoms with Crippen LogP contribution in [-0.4, -0.2) is 58.0 Å². The SMILES string of the molecule is O=C1Nc2ccccc2Oc2cc(N3CCOCC3)c(S(=O)(=O)N3CCCCC3)cc21. The molecule has 0 atom stereocenters. The fourth-order valence-corrected chi connectivity index (χ4v) is 6.02. The maximum atomic E-state index is 13.6. The molecule has 0 aliphatic carbocycles. The molecule has 1 amide bonds. The van der Waals surface area contributed by atoms with Gasteiger partial charge in [0, 0.05) is 32.2 Å². The third kappa shape index (κ3) is 3.77. The molecule has 5 rings (SSSR count). The van der Waals surface area contributed by atoms with Gasteiger partial charge in [-0.1, -0.05) is 18.6 Å². The van der Waals surface area contributed by atoms with Gasteiger partial charge < -0.3 is 19.7 Å². The number of amides is 1. The van der Waals surface area contributed by atoms with Gasteiger partial charge in [-0.25, -0.2) is 8.42 Å². The van der Waals surface area contributed by atoms with E-state index in [2.05, 4.69) is 5.32 Å². The number of rotatable bonds is 3. The van der Waals surface area contributed by atoms with E-state index in [4.69, 9.17) is 9.47 Å². The number of ether oxygens (including phenoxy) is 2. The number of carbonyl (C=O) groups excluding carboxylic acids is 1. The lowest BCUT2D eigenvalue weighted by atomic mass is 10.1. The van der Waals surface area contributed by atoms with Crippen LogP contribution in [0.2, 0.25) is 0 Å². The van der Waals surface area contributed by atoms with Gasteiger partial charge >= 0.3 is 0 Å². The van der Waals surface area contributed by atoms with Gasteiger partial charge in [-0.2, -0.15) is 4.31 Å². The number of benzene rings is 2. The zero-order valence-electron chi connectivity index (χ0n) is 17.2. The molecule has 164 valence electrons. The smallest absolute Gasteiger partial charge is 0.259 e. The van der Waals surface area contributed by atoms with E-state index < -0.39 is 10.0 Å². The highest BCUT2D eigenvalue weighted by Gasteiger charge is 2.33. The Bertz CT molecular complexity index is 1110. The topological polar surface area (TPSA) is 88.2 Å². The van der Waals surface area contributed by atoms with Crippen LogP contribution in [0, 0.1) is 0 Å². The Balaban J connectivity index is 1.65. The molecule has 2 aromatic rings. The normalized spacial score (nSPS) is 19.6. The molecular weight excluding hydrogens is 418 g/mol. The summed E-state index contributed by atoms with van der Waals surface area (Å²) in [4.78, 5) is 15.1. The van der Waals surface area contributed by atoms with E-state index in [-0.39, 0.29) is 16.4 Å². The van der Waals surface area contributed by atoms with Gasteiger partial charge in [-0.3, -0.25) is 4.79 Å². The number of para-hydroxylation sites is 2. The molecule has 1 N–H and O–H groups in total. The molecule has 3 aliphatic rings. The van der Waals surface area contributed by atoms with E-state index in [0.29, 0.717) is 62.3 Å². The zero-order chi connectivity index (χ0) is 21.4. The van der Waals surface area contributed by atoms with Gasteiger partial charge in [0.2, 0.25) is 10.0 Å². The van der Waals surface area contributed by atoms with Crippen molar-refractivity contribution in [1.82, 2.24) is 4.31 Å². The molecule has 0 bridgehead atoms. The quantitative estimate of drug-likeness (QED) is 0.785. The van der Waals surface area contributed by atoms with Crippen LogP contribution < -0.4 is 15.0 Å². The first-order valence-corrected chi connectivity index (χ1v) is 12.1. The molecule has 2 aromatic carbocycles. The first-order valence-electron chi connectivity index (χ1n) is 10.6. The van der Waals surface area contributed by atoms with E-state index >= 15 is 0 Å². The summed E-state index contributed by atoms with van der Waals surface area (Å²) >= 11 is 0. The number of anilines is 2. The standard InChI is InChI=1S/C22H25N3O5S/c26-22-16-14-21(31(27,28)25-8-4-1-5-9-25)18(24-10-12-29-13-11-24)15-20(16)30-19-7-3-2-6-17(19)23-22/h2-3,6-7,14-15H,1,4-5,8-13H2,(H,23,26). The van der Waals surface area contributed by atoms with Crippen molar-refractivity contribution < 1.29 is 22.7 Å². The number of nitrogens with one attached hydrogen (secondary N) is 1. The molecule has 0 unspecified atom stereocenters. The van der Waals surface area contributed by atoms with Gasteiger partial charge in [0.25, 0.3) is 5.91 Å². The molecule has 0 spiro atoms. The van der Waals surface area contributed by atoms with Crippen LogP contribution in [0.1, 0.15) is 29.6 Å². The van der Waals surface area contributed by atoms with Gasteiger partial charge in [0.15, 0.2) is 5.75 Å². The van der Waals surface area contributed by atoms with Crippen LogP contribution in [0.25, 0.3) is 0 Å². The Morgan fingerprint density at radius 1 is 0.903 bits per heavy atom. The molecule has 8 nitrogen and oxygen atoms in total. The Morgan fingerprint density at radius 2 is 1.65 bits per heavy atom. The molecule has 3 aliphatic heterocycles. The molecular formula is C22H25N3O5S. The predicted octanol–water partition coefficient (Wildman–Crippen LogP) is 3.06. The second-order valence-corrected chi connectivity index (χ2v) is 9.84. The van der Waals surface area contributed by atoms with Crippen LogP contribution in [-0.2, 0) is 14.8 Å². The third-order valence-electron chi connectivity index (χ3n) is 5.95. The van der Waals surface area contributed by atoms with E-state index in [1.54, 1.807) is 18.2 Å².